The summed E-state index contributed by atoms with van der Waals surface area (Å²) in [7, 11) is 6.53. The Morgan fingerprint density at radius 1 is 1.07 bits per heavy atom. The lowest BCUT2D eigenvalue weighted by Gasteiger charge is -2.31. The highest BCUT2D eigenvalue weighted by Crippen LogP contribution is 2.22. The number of ether oxygens (including phenoxy) is 1. The Labute approximate surface area is 181 Å². The van der Waals surface area contributed by atoms with Crippen LogP contribution in [0.25, 0.3) is 0 Å². The summed E-state index contributed by atoms with van der Waals surface area (Å²) in [5.41, 5.74) is 0.892. The first-order chi connectivity index (χ1) is 13.6. The van der Waals surface area contributed by atoms with E-state index in [9.17, 15) is 9.59 Å². The zero-order valence-corrected chi connectivity index (χ0v) is 20.0. The van der Waals surface area contributed by atoms with Crippen LogP contribution in [0.15, 0.2) is 11.8 Å². The second-order valence-electron chi connectivity index (χ2n) is 7.27. The van der Waals surface area contributed by atoms with Crippen LogP contribution in [0.4, 0.5) is 0 Å². The first-order valence-electron chi connectivity index (χ1n) is 9.52. The van der Waals surface area contributed by atoms with Gasteiger partial charge in [0, 0.05) is 32.3 Å². The van der Waals surface area contributed by atoms with Gasteiger partial charge in [-0.1, -0.05) is 13.3 Å². The number of carbonyl (C=O) groups is 2. The molecule has 176 valence electrons. The Morgan fingerprint density at radius 3 is 1.90 bits per heavy atom. The lowest BCUT2D eigenvalue weighted by atomic mass is 9.87. The number of carbonyl (C=O) groups excluding carboxylic acids is 2. The number of Topliss-reactive ketones (excluding diaryl/α,β-unsaturated/α-hetero) is 1. The summed E-state index contributed by atoms with van der Waals surface area (Å²) in [4.78, 5) is 29.3. The van der Waals surface area contributed by atoms with Crippen molar-refractivity contribution in [3.8, 4) is 0 Å². The Hall–Kier alpha value is -1.56. The minimum absolute atomic E-state index is 0.0594. The predicted octanol–water partition coefficient (Wildman–Crippen LogP) is -3.11. The van der Waals surface area contributed by atoms with E-state index in [1.807, 2.05) is 76.0 Å². The van der Waals surface area contributed by atoms with E-state index in [1.165, 1.54) is 0 Å². The molecule has 0 radical (unpaired) electrons. The second kappa shape index (κ2) is 15.3. The van der Waals surface area contributed by atoms with Gasteiger partial charge in [0.1, 0.15) is 25.8 Å². The van der Waals surface area contributed by atoms with Crippen molar-refractivity contribution < 1.29 is 47.8 Å². The molecule has 0 aliphatic heterocycles. The second-order valence-corrected chi connectivity index (χ2v) is 8.03. The van der Waals surface area contributed by atoms with Crippen LogP contribution in [0.3, 0.4) is 0 Å². The van der Waals surface area contributed by atoms with Gasteiger partial charge in [0.15, 0.2) is 6.21 Å². The third kappa shape index (κ3) is 15.3. The summed E-state index contributed by atoms with van der Waals surface area (Å²) < 4.78 is 41.1. The normalized spacial score (nSPS) is 13.7. The van der Waals surface area contributed by atoms with Crippen LogP contribution in [0.1, 0.15) is 33.1 Å². The van der Waals surface area contributed by atoms with Crippen molar-refractivity contribution in [3.63, 3.8) is 0 Å². The molecule has 0 aromatic rings. The van der Waals surface area contributed by atoms with Gasteiger partial charge in [-0.2, -0.15) is 0 Å². The number of nitrogens with zero attached hydrogens (tertiary/aromatic N) is 3. The molecule has 2 atom stereocenters. The number of unbranched alkanes of at least 4 members (excludes halogenated alkanes) is 1. The molecule has 0 aromatic carbocycles. The maximum Gasteiger partial charge on any atom is 0.318 e. The van der Waals surface area contributed by atoms with Gasteiger partial charge >= 0.3 is 5.97 Å². The van der Waals surface area contributed by atoms with E-state index in [1.54, 1.807) is 6.92 Å². The summed E-state index contributed by atoms with van der Waals surface area (Å²) in [6, 6.07) is -0.381. The standard InChI is InChI=1S/C19H36N3O3.ClHO4/c1-9-11-12-16(23)17(19(24)25-10-2)18(22(7)8)15(13-20(3)4)14-21(5)6;2-1(3,4)5/h13-14,17-18H,9-12H2,1-8H3;(H,2,3,4,5)/q+1;/p-1. The molecular formula is C19H36ClN3O7. The Morgan fingerprint density at radius 2 is 1.57 bits per heavy atom. The van der Waals surface area contributed by atoms with Gasteiger partial charge in [0.05, 0.1) is 12.6 Å². The van der Waals surface area contributed by atoms with Crippen molar-refractivity contribution >= 4 is 18.0 Å². The average molecular weight is 454 g/mol. The van der Waals surface area contributed by atoms with Gasteiger partial charge in [0.2, 0.25) is 0 Å². The van der Waals surface area contributed by atoms with Crippen LogP contribution in [0.2, 0.25) is 0 Å². The molecule has 0 bridgehead atoms. The van der Waals surface area contributed by atoms with Gasteiger partial charge in [-0.25, -0.2) is 23.2 Å². The molecule has 0 aromatic heterocycles. The molecule has 0 saturated carbocycles. The van der Waals surface area contributed by atoms with Gasteiger partial charge in [0.25, 0.3) is 0 Å². The van der Waals surface area contributed by atoms with Crippen LogP contribution in [-0.2, 0) is 14.3 Å². The number of rotatable bonds is 11. The summed E-state index contributed by atoms with van der Waals surface area (Å²) in [6.45, 7) is 4.06. The zero-order valence-electron chi connectivity index (χ0n) is 19.2. The van der Waals surface area contributed by atoms with E-state index in [2.05, 4.69) is 0 Å². The SMILES string of the molecule is CCCCC(=O)C(C(=O)OCC)C(/C(C=[N+](C)C)=C/N(C)C)N(C)C.[O-][Cl+3]([O-])([O-])[O-]. The molecule has 30 heavy (non-hydrogen) atoms. The third-order valence-electron chi connectivity index (χ3n) is 3.69. The largest absolute Gasteiger partial charge is 0.465 e. The molecule has 0 amide bonds. The van der Waals surface area contributed by atoms with E-state index in [0.29, 0.717) is 6.42 Å². The molecular weight excluding hydrogens is 418 g/mol. The highest BCUT2D eigenvalue weighted by Gasteiger charge is 2.39. The lowest BCUT2D eigenvalue weighted by molar-refractivity contribution is -2.00. The highest BCUT2D eigenvalue weighted by molar-refractivity contribution is 6.01. The molecule has 0 aliphatic carbocycles. The fourth-order valence-electron chi connectivity index (χ4n) is 2.75. The fourth-order valence-corrected chi connectivity index (χ4v) is 2.75. The van der Waals surface area contributed by atoms with Gasteiger partial charge in [-0.05, 0) is 27.4 Å². The molecule has 0 heterocycles. The molecule has 10 nitrogen and oxygen atoms in total. The quantitative estimate of drug-likeness (QED) is 0.137. The minimum Gasteiger partial charge on any atom is -0.465 e. The zero-order chi connectivity index (χ0) is 24.1. The van der Waals surface area contributed by atoms with Crippen molar-refractivity contribution in [1.82, 2.24) is 9.80 Å². The van der Waals surface area contributed by atoms with E-state index >= 15 is 0 Å². The number of esters is 1. The molecule has 0 spiro atoms. The number of halogens is 1. The summed E-state index contributed by atoms with van der Waals surface area (Å²) in [5, 5.41) is 0. The van der Waals surface area contributed by atoms with Crippen LogP contribution < -0.4 is 18.6 Å². The van der Waals surface area contributed by atoms with Crippen molar-refractivity contribution in [1.29, 1.82) is 0 Å². The van der Waals surface area contributed by atoms with Gasteiger partial charge in [-0.3, -0.25) is 9.59 Å². The summed E-state index contributed by atoms with van der Waals surface area (Å²) in [5.74, 6) is -1.33. The lowest BCUT2D eigenvalue weighted by Crippen LogP contribution is -2.68. The van der Waals surface area contributed by atoms with Gasteiger partial charge < -0.3 is 14.5 Å². The van der Waals surface area contributed by atoms with Crippen molar-refractivity contribution in [2.45, 2.75) is 39.2 Å². The van der Waals surface area contributed by atoms with E-state index in [0.717, 1.165) is 18.4 Å². The molecule has 11 heteroatoms. The van der Waals surface area contributed by atoms with E-state index in [-0.39, 0.29) is 18.4 Å². The van der Waals surface area contributed by atoms with E-state index in [4.69, 9.17) is 23.4 Å². The van der Waals surface area contributed by atoms with Crippen molar-refractivity contribution in [2.24, 2.45) is 5.92 Å². The number of hydrogen-bond acceptors (Lipinski definition) is 9. The van der Waals surface area contributed by atoms with Crippen molar-refractivity contribution in [3.05, 3.63) is 11.8 Å². The van der Waals surface area contributed by atoms with Crippen LogP contribution in [0, 0.1) is 16.2 Å². The Bertz CT molecular complexity index is 577. The predicted molar refractivity (Wildman–Crippen MR) is 102 cm³/mol. The van der Waals surface area contributed by atoms with Crippen LogP contribution in [-0.4, -0.2) is 87.3 Å². The molecule has 2 unspecified atom stereocenters. The first-order valence-corrected chi connectivity index (χ1v) is 10.8. The average Bonchev–Trinajstić information content (AvgIpc) is 2.54. The Balaban J connectivity index is 0. The summed E-state index contributed by atoms with van der Waals surface area (Å²) >= 11 is 0. The molecule has 0 N–H and O–H groups in total. The summed E-state index contributed by atoms with van der Waals surface area (Å²) in [6.07, 6.45) is 5.98. The monoisotopic (exact) mass is 453 g/mol. The van der Waals surface area contributed by atoms with Gasteiger partial charge in [-0.15, -0.1) is 10.2 Å². The fraction of sp³-hybridized carbons (Fsp3) is 0.737. The van der Waals surface area contributed by atoms with E-state index < -0.39 is 22.1 Å². The van der Waals surface area contributed by atoms with Crippen LogP contribution in [0.5, 0.6) is 0 Å². The number of hydrogen-bond donors (Lipinski definition) is 0. The third-order valence-corrected chi connectivity index (χ3v) is 3.69. The molecule has 0 saturated heterocycles. The molecule has 0 fully saturated rings. The number of ketones is 1. The van der Waals surface area contributed by atoms with Crippen LogP contribution >= 0.6 is 0 Å². The van der Waals surface area contributed by atoms with Crippen molar-refractivity contribution in [2.75, 3.05) is 48.9 Å². The minimum atomic E-state index is -4.94. The molecule has 0 aliphatic rings. The first kappa shape index (κ1) is 30.6. The molecule has 0 rings (SSSR count). The maximum atomic E-state index is 12.8. The maximum absolute atomic E-state index is 12.8. The smallest absolute Gasteiger partial charge is 0.318 e. The highest BCUT2D eigenvalue weighted by atomic mass is 35.7. The number of likely N-dealkylation sites (N-methyl/N-ethyl adjacent to an activating group) is 1. The Kier molecular flexibility index (Phi) is 15.6. The topological polar surface area (TPSA) is 145 Å².